The van der Waals surface area contributed by atoms with Gasteiger partial charge >= 0.3 is 5.97 Å². The molecule has 1 aliphatic heterocycles. The minimum Gasteiger partial charge on any atom is -0.508 e. The van der Waals surface area contributed by atoms with Crippen molar-refractivity contribution >= 4 is 58.3 Å². The molecule has 22 nitrogen and oxygen atoms in total. The summed E-state index contributed by atoms with van der Waals surface area (Å²) in [5.41, 5.74) is 18.9. The summed E-state index contributed by atoms with van der Waals surface area (Å²) in [6.45, 7) is 6.17. The van der Waals surface area contributed by atoms with Crippen molar-refractivity contribution in [2.24, 2.45) is 28.1 Å². The predicted octanol–water partition coefficient (Wildman–Crippen LogP) is -1.65. The Morgan fingerprint density at radius 3 is 2.07 bits per heavy atom. The Morgan fingerprint density at radius 1 is 0.806 bits per heavy atom. The number of phenolic OH excluding ortho intramolecular Hbond substituents is 1. The van der Waals surface area contributed by atoms with Crippen molar-refractivity contribution in [3.8, 4) is 5.75 Å². The first kappa shape index (κ1) is 52.8. The zero-order chi connectivity index (χ0) is 49.5. The van der Waals surface area contributed by atoms with Gasteiger partial charge in [0.2, 0.25) is 35.4 Å². The van der Waals surface area contributed by atoms with Gasteiger partial charge in [-0.1, -0.05) is 50.6 Å². The summed E-state index contributed by atoms with van der Waals surface area (Å²) >= 11 is 0. The zero-order valence-electron chi connectivity index (χ0n) is 38.1. The first-order chi connectivity index (χ1) is 31.7. The van der Waals surface area contributed by atoms with Crippen LogP contribution in [-0.4, -0.2) is 145 Å². The summed E-state index contributed by atoms with van der Waals surface area (Å²) in [6, 6.07) is 3.75. The second-order valence-corrected chi connectivity index (χ2v) is 17.0. The van der Waals surface area contributed by atoms with Gasteiger partial charge < -0.3 is 74.1 Å². The van der Waals surface area contributed by atoms with Gasteiger partial charge in [0.1, 0.15) is 42.0 Å². The third kappa shape index (κ3) is 14.9. The Morgan fingerprint density at radius 2 is 1.45 bits per heavy atom. The summed E-state index contributed by atoms with van der Waals surface area (Å²) in [7, 11) is 0. The van der Waals surface area contributed by atoms with Crippen molar-refractivity contribution in [1.82, 2.24) is 36.5 Å². The lowest BCUT2D eigenvalue weighted by molar-refractivity contribution is -0.147. The third-order valence-corrected chi connectivity index (χ3v) is 11.8. The number of carboxylic acid groups (broad SMARTS) is 1. The van der Waals surface area contributed by atoms with Crippen molar-refractivity contribution in [3.63, 3.8) is 0 Å². The molecule has 0 bridgehead atoms. The lowest BCUT2D eigenvalue weighted by Gasteiger charge is -2.31. The van der Waals surface area contributed by atoms with E-state index in [9.17, 15) is 54.0 Å². The molecule has 1 fully saturated rings. The highest BCUT2D eigenvalue weighted by molar-refractivity contribution is 5.98. The van der Waals surface area contributed by atoms with E-state index in [0.29, 0.717) is 24.0 Å². The number of carbonyl (C=O) groups excluding carboxylic acids is 6. The summed E-state index contributed by atoms with van der Waals surface area (Å²) in [4.78, 5) is 104. The van der Waals surface area contributed by atoms with Crippen LogP contribution < -0.4 is 43.8 Å². The number of nitrogens with zero attached hydrogens (tertiary/aromatic N) is 2. The fraction of sp³-hybridized carbons (Fsp3) is 0.511. The highest BCUT2D eigenvalue weighted by Crippen LogP contribution is 2.24. The number of aromatic nitrogens is 1. The zero-order valence-corrected chi connectivity index (χ0v) is 38.1. The van der Waals surface area contributed by atoms with Crippen LogP contribution in [-0.2, 0) is 46.4 Å². The number of nitrogens with one attached hydrogen (secondary N) is 6. The first-order valence-corrected chi connectivity index (χ1v) is 22.3. The number of aliphatic hydroxyl groups excluding tert-OH is 2. The van der Waals surface area contributed by atoms with E-state index in [1.807, 2.05) is 18.2 Å². The molecular weight excluding hydrogens is 871 g/mol. The van der Waals surface area contributed by atoms with Crippen LogP contribution in [0.5, 0.6) is 5.75 Å². The molecular formula is C45H65N11O11. The maximum absolute atomic E-state index is 14.6. The molecule has 1 aromatic heterocycles. The minimum absolute atomic E-state index is 0.0313. The van der Waals surface area contributed by atoms with E-state index in [0.717, 1.165) is 10.9 Å². The molecule has 0 saturated carbocycles. The molecule has 10 atom stereocenters. The molecule has 366 valence electrons. The van der Waals surface area contributed by atoms with Gasteiger partial charge in [-0.25, -0.2) is 4.79 Å². The number of amides is 6. The molecule has 3 aromatic rings. The maximum atomic E-state index is 14.6. The number of H-pyrrole nitrogens is 1. The lowest BCUT2D eigenvalue weighted by atomic mass is 9.96. The monoisotopic (exact) mass is 935 g/mol. The normalized spacial score (nSPS) is 17.6. The predicted molar refractivity (Wildman–Crippen MR) is 247 cm³/mol. The van der Waals surface area contributed by atoms with Gasteiger partial charge in [0.25, 0.3) is 0 Å². The molecule has 1 saturated heterocycles. The molecule has 67 heavy (non-hydrogen) atoms. The Hall–Kier alpha value is -6.78. The Balaban J connectivity index is 1.66. The molecule has 16 N–H and O–H groups in total. The fourth-order valence-electron chi connectivity index (χ4n) is 7.69. The number of benzene rings is 2. The molecule has 0 unspecified atom stereocenters. The average molecular weight is 936 g/mol. The number of fused-ring (bicyclic) bond motifs is 1. The average Bonchev–Trinajstić information content (AvgIpc) is 3.95. The van der Waals surface area contributed by atoms with Gasteiger partial charge in [0.15, 0.2) is 12.0 Å². The highest BCUT2D eigenvalue weighted by Gasteiger charge is 2.41. The van der Waals surface area contributed by atoms with E-state index in [1.165, 1.54) is 30.9 Å². The number of carboxylic acids is 1. The maximum Gasteiger partial charge on any atom is 0.328 e. The van der Waals surface area contributed by atoms with E-state index in [-0.39, 0.29) is 56.9 Å². The SMILES string of the molecule is CC[C@H](C)[C@H](NC(=O)[C@H](Cc1ccc(O)cc1)NC(=O)[C@@H](N)[C@@H](C)O)C(=O)N[C@@H](CCCN=C(N)N)C(=O)N[C@@H](Cc1c[nH]c2ccccc12)C(=O)N1CCC[C@H]1C(=O)N[C@H](C(=O)O)[C@@H](C)O. The van der Waals surface area contributed by atoms with Crippen LogP contribution in [0.2, 0.25) is 0 Å². The van der Waals surface area contributed by atoms with Crippen LogP contribution in [0.1, 0.15) is 70.9 Å². The second-order valence-electron chi connectivity index (χ2n) is 17.0. The number of aliphatic carboxylic acids is 1. The first-order valence-electron chi connectivity index (χ1n) is 22.3. The van der Waals surface area contributed by atoms with Crippen LogP contribution in [0, 0.1) is 5.92 Å². The van der Waals surface area contributed by atoms with Gasteiger partial charge in [0, 0.05) is 43.0 Å². The van der Waals surface area contributed by atoms with Gasteiger partial charge in [-0.3, -0.25) is 33.8 Å². The number of aromatic hydroxyl groups is 1. The third-order valence-electron chi connectivity index (χ3n) is 11.8. The Labute approximate surface area is 387 Å². The molecule has 0 aliphatic carbocycles. The number of phenols is 1. The molecule has 0 radical (unpaired) electrons. The van der Waals surface area contributed by atoms with E-state index < -0.39 is 102 Å². The van der Waals surface area contributed by atoms with Crippen molar-refractivity contribution in [1.29, 1.82) is 0 Å². The van der Waals surface area contributed by atoms with Gasteiger partial charge in [0.05, 0.1) is 12.2 Å². The smallest absolute Gasteiger partial charge is 0.328 e. The van der Waals surface area contributed by atoms with Crippen LogP contribution in [0.25, 0.3) is 10.9 Å². The molecule has 22 heteroatoms. The number of para-hydroxylation sites is 1. The van der Waals surface area contributed by atoms with Gasteiger partial charge in [-0.05, 0) is 74.8 Å². The number of aliphatic hydroxyl groups is 2. The van der Waals surface area contributed by atoms with Gasteiger partial charge in [-0.2, -0.15) is 0 Å². The number of nitrogens with two attached hydrogens (primary N) is 3. The number of aromatic amines is 1. The standard InChI is InChI=1S/C45H65N11O11/c1-5-23(2)36(54-39(61)32(52-41(63)35(46)24(3)57)20-26-14-16-28(59)17-15-26)42(64)51-31(12-8-18-49-45(47)48)38(60)53-33(21-27-22-50-30-11-7-6-10-29(27)30)43(65)56-19-9-13-34(56)40(62)55-37(25(4)58)44(66)67/h6-7,10-11,14-17,22-25,31-37,50,57-59H,5,8-9,12-13,18-21,46H2,1-4H3,(H,51,64)(H,52,63)(H,53,60)(H,54,61)(H,55,62)(H,66,67)(H4,47,48,49)/t23-,24+,25+,31-,32-,33-,34-,35-,36-,37-/m0/s1. The molecule has 0 spiro atoms. The molecule has 6 amide bonds. The van der Waals surface area contributed by atoms with Gasteiger partial charge in [-0.15, -0.1) is 0 Å². The Bertz CT molecular complexity index is 2230. The van der Waals surface area contributed by atoms with Crippen molar-refractivity contribution in [3.05, 3.63) is 65.9 Å². The molecule has 4 rings (SSSR count). The summed E-state index contributed by atoms with van der Waals surface area (Å²) in [5, 5.41) is 53.3. The van der Waals surface area contributed by atoms with Crippen molar-refractivity contribution in [2.75, 3.05) is 13.1 Å². The van der Waals surface area contributed by atoms with Crippen molar-refractivity contribution in [2.45, 2.75) is 127 Å². The largest absolute Gasteiger partial charge is 0.508 e. The highest BCUT2D eigenvalue weighted by atomic mass is 16.4. The summed E-state index contributed by atoms with van der Waals surface area (Å²) < 4.78 is 0. The van der Waals surface area contributed by atoms with Crippen LogP contribution in [0.15, 0.2) is 59.7 Å². The van der Waals surface area contributed by atoms with Crippen LogP contribution in [0.4, 0.5) is 0 Å². The van der Waals surface area contributed by atoms with Crippen LogP contribution in [0.3, 0.4) is 0 Å². The number of rotatable bonds is 24. The van der Waals surface area contributed by atoms with E-state index in [2.05, 4.69) is 36.6 Å². The molecule has 2 heterocycles. The summed E-state index contributed by atoms with van der Waals surface area (Å²) in [5.74, 6) is -6.89. The number of carbonyl (C=O) groups is 7. The van der Waals surface area contributed by atoms with E-state index >= 15 is 0 Å². The van der Waals surface area contributed by atoms with Crippen LogP contribution >= 0.6 is 0 Å². The number of hydrogen-bond donors (Lipinski definition) is 13. The Kier molecular flexibility index (Phi) is 19.4. The number of aliphatic imine (C=N–C) groups is 1. The summed E-state index contributed by atoms with van der Waals surface area (Å²) in [6.07, 6.45) is -0.131. The fourth-order valence-corrected chi connectivity index (χ4v) is 7.69. The molecule has 1 aliphatic rings. The van der Waals surface area contributed by atoms with E-state index in [1.54, 1.807) is 38.2 Å². The lowest BCUT2D eigenvalue weighted by Crippen LogP contribution is -2.61. The number of hydrogen-bond acceptors (Lipinski definition) is 12. The number of likely N-dealkylation sites (tertiary alicyclic amines) is 1. The quantitative estimate of drug-likeness (QED) is 0.0272. The second kappa shape index (κ2) is 24.7. The molecule has 2 aromatic carbocycles. The number of guanidine groups is 1. The topological polar surface area (TPSA) is 370 Å². The van der Waals surface area contributed by atoms with Crippen molar-refractivity contribution < 1.29 is 54.0 Å². The minimum atomic E-state index is -1.64. The van der Waals surface area contributed by atoms with E-state index in [4.69, 9.17) is 17.2 Å².